The van der Waals surface area contributed by atoms with Crippen LogP contribution in [-0.2, 0) is 9.53 Å². The zero-order valence-electron chi connectivity index (χ0n) is 12.4. The van der Waals surface area contributed by atoms with E-state index >= 15 is 0 Å². The summed E-state index contributed by atoms with van der Waals surface area (Å²) in [6, 6.07) is 13.7. The van der Waals surface area contributed by atoms with E-state index in [9.17, 15) is 9.59 Å². The third-order valence-electron chi connectivity index (χ3n) is 3.26. The van der Waals surface area contributed by atoms with Crippen molar-refractivity contribution in [3.63, 3.8) is 0 Å². The molecule has 0 saturated heterocycles. The van der Waals surface area contributed by atoms with Gasteiger partial charge < -0.3 is 14.5 Å². The summed E-state index contributed by atoms with van der Waals surface area (Å²) in [7, 11) is 0. The van der Waals surface area contributed by atoms with Gasteiger partial charge in [0.15, 0.2) is 18.1 Å². The number of oxazole rings is 1. The molecule has 1 unspecified atom stereocenters. The molecule has 1 atom stereocenters. The molecule has 0 saturated carbocycles. The van der Waals surface area contributed by atoms with Gasteiger partial charge in [0, 0.05) is 5.69 Å². The molecule has 0 bridgehead atoms. The van der Waals surface area contributed by atoms with Crippen LogP contribution in [0.3, 0.4) is 0 Å². The van der Waals surface area contributed by atoms with Gasteiger partial charge in [0.05, 0.1) is 5.56 Å². The minimum atomic E-state index is -0.921. The van der Waals surface area contributed by atoms with Crippen LogP contribution < -0.4 is 5.32 Å². The van der Waals surface area contributed by atoms with Crippen LogP contribution in [0.2, 0.25) is 0 Å². The Morgan fingerprint density at radius 2 is 1.96 bits per heavy atom. The molecule has 1 amide bonds. The second kappa shape index (κ2) is 6.31. The first-order valence-corrected chi connectivity index (χ1v) is 7.03. The number of nitrogens with one attached hydrogen (secondary N) is 1. The predicted molar refractivity (Wildman–Crippen MR) is 84.0 cm³/mol. The number of esters is 1. The molecule has 3 aromatic rings. The van der Waals surface area contributed by atoms with Crippen molar-refractivity contribution < 1.29 is 18.7 Å². The van der Waals surface area contributed by atoms with E-state index in [-0.39, 0.29) is 0 Å². The van der Waals surface area contributed by atoms with Crippen molar-refractivity contribution in [3.8, 4) is 0 Å². The molecule has 0 aliphatic heterocycles. The summed E-state index contributed by atoms with van der Waals surface area (Å²) in [6.07, 6.45) is 0.381. The molecule has 6 nitrogen and oxygen atoms in total. The number of anilines is 1. The summed E-state index contributed by atoms with van der Waals surface area (Å²) >= 11 is 0. The molecule has 6 heteroatoms. The normalized spacial score (nSPS) is 11.9. The van der Waals surface area contributed by atoms with Gasteiger partial charge in [0.2, 0.25) is 0 Å². The van der Waals surface area contributed by atoms with Gasteiger partial charge in [-0.2, -0.15) is 0 Å². The maximum absolute atomic E-state index is 12.1. The highest BCUT2D eigenvalue weighted by molar-refractivity contribution is 5.98. The molecule has 0 fully saturated rings. The lowest BCUT2D eigenvalue weighted by Crippen LogP contribution is -2.29. The van der Waals surface area contributed by atoms with Crippen molar-refractivity contribution >= 4 is 28.7 Å². The summed E-state index contributed by atoms with van der Waals surface area (Å²) in [5.74, 6) is -0.988. The average Bonchev–Trinajstić information content (AvgIpc) is 3.03. The van der Waals surface area contributed by atoms with Gasteiger partial charge in [-0.1, -0.05) is 18.2 Å². The maximum atomic E-state index is 12.1. The van der Waals surface area contributed by atoms with Crippen molar-refractivity contribution in [2.45, 2.75) is 13.0 Å². The van der Waals surface area contributed by atoms with Crippen LogP contribution in [0, 0.1) is 0 Å². The molecule has 1 heterocycles. The van der Waals surface area contributed by atoms with Crippen LogP contribution in [0.5, 0.6) is 0 Å². The van der Waals surface area contributed by atoms with Gasteiger partial charge >= 0.3 is 5.97 Å². The van der Waals surface area contributed by atoms with Crippen LogP contribution in [0.4, 0.5) is 5.69 Å². The Bertz CT molecular complexity index is 842. The first-order chi connectivity index (χ1) is 11.1. The zero-order chi connectivity index (χ0) is 16.2. The first kappa shape index (κ1) is 14.8. The van der Waals surface area contributed by atoms with Crippen molar-refractivity contribution in [1.29, 1.82) is 0 Å². The number of carbonyl (C=O) groups excluding carboxylic acids is 2. The number of benzene rings is 2. The number of ether oxygens (including phenoxy) is 1. The van der Waals surface area contributed by atoms with Gasteiger partial charge in [0.25, 0.3) is 5.91 Å². The second-order valence-electron chi connectivity index (χ2n) is 4.94. The molecule has 1 aromatic heterocycles. The quantitative estimate of drug-likeness (QED) is 0.749. The molecule has 0 radical (unpaired) electrons. The van der Waals surface area contributed by atoms with Gasteiger partial charge in [-0.25, -0.2) is 9.78 Å². The fourth-order valence-electron chi connectivity index (χ4n) is 2.03. The van der Waals surface area contributed by atoms with Crippen LogP contribution in [0.1, 0.15) is 17.3 Å². The molecule has 0 spiro atoms. The molecule has 2 aromatic carbocycles. The van der Waals surface area contributed by atoms with E-state index < -0.39 is 18.0 Å². The van der Waals surface area contributed by atoms with E-state index in [1.165, 1.54) is 13.3 Å². The lowest BCUT2D eigenvalue weighted by atomic mass is 10.2. The minimum absolute atomic E-state index is 0.311. The van der Waals surface area contributed by atoms with E-state index in [1.807, 2.05) is 6.07 Å². The van der Waals surface area contributed by atoms with Crippen LogP contribution >= 0.6 is 0 Å². The Balaban J connectivity index is 1.65. The van der Waals surface area contributed by atoms with E-state index in [4.69, 9.17) is 9.15 Å². The minimum Gasteiger partial charge on any atom is -0.449 e. The first-order valence-electron chi connectivity index (χ1n) is 7.03. The number of carbonyl (C=O) groups is 2. The van der Waals surface area contributed by atoms with E-state index in [0.717, 1.165) is 0 Å². The monoisotopic (exact) mass is 310 g/mol. The topological polar surface area (TPSA) is 81.4 Å². The van der Waals surface area contributed by atoms with E-state index in [2.05, 4.69) is 10.3 Å². The fraction of sp³-hybridized carbons (Fsp3) is 0.118. The number of para-hydroxylation sites is 1. The third kappa shape index (κ3) is 3.37. The molecular formula is C17H14N2O4. The van der Waals surface area contributed by atoms with Crippen molar-refractivity contribution in [1.82, 2.24) is 4.98 Å². The molecule has 3 rings (SSSR count). The molecule has 116 valence electrons. The lowest BCUT2D eigenvalue weighted by Gasteiger charge is -2.13. The van der Waals surface area contributed by atoms with E-state index in [0.29, 0.717) is 22.4 Å². The van der Waals surface area contributed by atoms with Gasteiger partial charge in [-0.05, 0) is 37.3 Å². The Morgan fingerprint density at radius 3 is 2.74 bits per heavy atom. The summed E-state index contributed by atoms with van der Waals surface area (Å²) in [4.78, 5) is 28.1. The highest BCUT2D eigenvalue weighted by atomic mass is 16.5. The molecule has 0 aliphatic rings. The summed E-state index contributed by atoms with van der Waals surface area (Å²) < 4.78 is 10.3. The van der Waals surface area contributed by atoms with Crippen molar-refractivity contribution in [3.05, 3.63) is 60.5 Å². The molecule has 1 N–H and O–H groups in total. The number of aromatic nitrogens is 1. The number of amides is 1. The number of fused-ring (bicyclic) bond motifs is 1. The second-order valence-corrected chi connectivity index (χ2v) is 4.94. The Morgan fingerprint density at radius 1 is 1.17 bits per heavy atom. The number of rotatable bonds is 4. The summed E-state index contributed by atoms with van der Waals surface area (Å²) in [6.45, 7) is 1.52. The molecule has 23 heavy (non-hydrogen) atoms. The standard InChI is InChI=1S/C17H14N2O4/c1-11(16(20)19-13-5-3-2-4-6-13)23-17(21)12-7-8-15-14(9-12)18-10-22-15/h2-11H,1H3,(H,19,20). The average molecular weight is 310 g/mol. The van der Waals surface area contributed by atoms with Gasteiger partial charge in [0.1, 0.15) is 5.52 Å². The Hall–Kier alpha value is -3.15. The smallest absolute Gasteiger partial charge is 0.338 e. The van der Waals surface area contributed by atoms with Gasteiger partial charge in [-0.3, -0.25) is 4.79 Å². The van der Waals surface area contributed by atoms with Crippen molar-refractivity contribution in [2.24, 2.45) is 0 Å². The SMILES string of the molecule is CC(OC(=O)c1ccc2ocnc2c1)C(=O)Nc1ccccc1. The molecular weight excluding hydrogens is 296 g/mol. The number of nitrogens with zero attached hydrogens (tertiary/aromatic N) is 1. The van der Waals surface area contributed by atoms with Crippen LogP contribution in [0.25, 0.3) is 11.1 Å². The predicted octanol–water partition coefficient (Wildman–Crippen LogP) is 3.01. The maximum Gasteiger partial charge on any atom is 0.338 e. The highest BCUT2D eigenvalue weighted by Crippen LogP contribution is 2.15. The van der Waals surface area contributed by atoms with E-state index in [1.54, 1.807) is 42.5 Å². The summed E-state index contributed by atoms with van der Waals surface area (Å²) in [5.41, 5.74) is 2.09. The number of hydrogen-bond donors (Lipinski definition) is 1. The fourth-order valence-corrected chi connectivity index (χ4v) is 2.03. The molecule has 0 aliphatic carbocycles. The zero-order valence-corrected chi connectivity index (χ0v) is 12.4. The van der Waals surface area contributed by atoms with Crippen molar-refractivity contribution in [2.75, 3.05) is 5.32 Å². The van der Waals surface area contributed by atoms with Crippen LogP contribution in [0.15, 0.2) is 59.3 Å². The van der Waals surface area contributed by atoms with Gasteiger partial charge in [-0.15, -0.1) is 0 Å². The van der Waals surface area contributed by atoms with Crippen LogP contribution in [-0.4, -0.2) is 23.0 Å². The number of hydrogen-bond acceptors (Lipinski definition) is 5. The highest BCUT2D eigenvalue weighted by Gasteiger charge is 2.19. The third-order valence-corrected chi connectivity index (χ3v) is 3.26. The Kier molecular flexibility index (Phi) is 4.05. The summed E-state index contributed by atoms with van der Waals surface area (Å²) in [5, 5.41) is 2.68. The largest absolute Gasteiger partial charge is 0.449 e. The Labute approximate surface area is 132 Å². The lowest BCUT2D eigenvalue weighted by molar-refractivity contribution is -0.123.